The molecule has 11 nitrogen and oxygen atoms in total. The van der Waals surface area contributed by atoms with Crippen molar-refractivity contribution < 1.29 is 24.3 Å². The third-order valence-corrected chi connectivity index (χ3v) is 7.05. The smallest absolute Gasteiger partial charge is 0.283 e. The number of benzene rings is 3. The number of hydrogen-bond donors (Lipinski definition) is 3. The van der Waals surface area contributed by atoms with Crippen LogP contribution in [0.5, 0.6) is 5.75 Å². The Morgan fingerprint density at radius 3 is 2.59 bits per heavy atom. The van der Waals surface area contributed by atoms with Crippen molar-refractivity contribution in [3.05, 3.63) is 99.7 Å². The number of anilines is 4. The predicted molar refractivity (Wildman–Crippen MR) is 156 cm³/mol. The van der Waals surface area contributed by atoms with Gasteiger partial charge in [0, 0.05) is 22.2 Å². The molecule has 0 unspecified atom stereocenters. The van der Waals surface area contributed by atoms with E-state index in [0.717, 1.165) is 4.90 Å². The molecule has 4 aromatic rings. The molecule has 3 N–H and O–H groups in total. The molecule has 13 heteroatoms. The molecule has 0 aliphatic carbocycles. The first-order chi connectivity index (χ1) is 19.8. The summed E-state index contributed by atoms with van der Waals surface area (Å²) in [6.07, 6.45) is 0. The molecule has 0 saturated heterocycles. The van der Waals surface area contributed by atoms with Gasteiger partial charge < -0.3 is 20.5 Å². The summed E-state index contributed by atoms with van der Waals surface area (Å²) in [7, 11) is 0. The summed E-state index contributed by atoms with van der Waals surface area (Å²) in [5.74, 6) is -1.37. The van der Waals surface area contributed by atoms with Crippen LogP contribution in [0.4, 0.5) is 22.2 Å². The van der Waals surface area contributed by atoms with Gasteiger partial charge >= 0.3 is 0 Å². The van der Waals surface area contributed by atoms with Crippen LogP contribution in [0.25, 0.3) is 11.3 Å². The largest absolute Gasteiger partial charge is 0.733 e. The fraction of sp³-hybridized carbons (Fsp3) is 0.0714. The zero-order valence-corrected chi connectivity index (χ0v) is 22.9. The van der Waals surface area contributed by atoms with E-state index in [1.807, 2.05) is 0 Å². The topological polar surface area (TPSA) is 147 Å². The fourth-order valence-electron chi connectivity index (χ4n) is 4.02. The maximum Gasteiger partial charge on any atom is 0.283 e. The van der Waals surface area contributed by atoms with Crippen molar-refractivity contribution in [2.45, 2.75) is 6.92 Å². The maximum absolute atomic E-state index is 13.2. The zero-order chi connectivity index (χ0) is 29.1. The molecule has 208 valence electrons. The van der Waals surface area contributed by atoms with Gasteiger partial charge in [-0.25, -0.2) is 9.88 Å². The molecule has 0 radical (unpaired) electrons. The van der Waals surface area contributed by atoms with E-state index in [1.54, 1.807) is 60.8 Å². The molecule has 1 aliphatic rings. The molecule has 3 amide bonds. The molecule has 1 aromatic heterocycles. The van der Waals surface area contributed by atoms with E-state index in [2.05, 4.69) is 15.6 Å². The van der Waals surface area contributed by atoms with Crippen LogP contribution in [0.2, 0.25) is 0 Å². The Balaban J connectivity index is 1.26. The van der Waals surface area contributed by atoms with Gasteiger partial charge in [0.25, 0.3) is 17.7 Å². The molecular formula is C28H21ClN5O6S-. The zero-order valence-electron chi connectivity index (χ0n) is 21.3. The Kier molecular flexibility index (Phi) is 7.99. The molecule has 5 rings (SSSR count). The van der Waals surface area contributed by atoms with Gasteiger partial charge in [0.05, 0.1) is 23.7 Å². The Morgan fingerprint density at radius 2 is 1.85 bits per heavy atom. The number of halogens is 1. The van der Waals surface area contributed by atoms with Crippen LogP contribution >= 0.6 is 22.9 Å². The van der Waals surface area contributed by atoms with E-state index in [9.17, 15) is 19.6 Å². The van der Waals surface area contributed by atoms with Crippen LogP contribution in [0.1, 0.15) is 17.3 Å². The first kappa shape index (κ1) is 27.8. The quantitative estimate of drug-likeness (QED) is 0.168. The summed E-state index contributed by atoms with van der Waals surface area (Å²) in [6.45, 7) is 2.14. The Bertz CT molecular complexity index is 1670. The summed E-state index contributed by atoms with van der Waals surface area (Å²) < 4.78 is 5.56. The Hall–Kier alpha value is -4.75. The van der Waals surface area contributed by atoms with E-state index in [0.29, 0.717) is 40.0 Å². The minimum Gasteiger partial charge on any atom is -0.733 e. The molecule has 0 atom stereocenters. The molecule has 0 bridgehead atoms. The molecule has 0 spiro atoms. The maximum atomic E-state index is 13.2. The molecule has 0 saturated carbocycles. The van der Waals surface area contributed by atoms with Gasteiger partial charge in [-0.2, -0.15) is 0 Å². The van der Waals surface area contributed by atoms with Crippen molar-refractivity contribution >= 4 is 62.9 Å². The SMILES string of the molecule is CCOc1ccccc1N1C(=O)C(Cl)=C(Nc2ccc(C(=O)Nc3nc(-c4cccc(N([O-])O)c4)cs3)cc2)C1=O. The van der Waals surface area contributed by atoms with Gasteiger partial charge in [-0.05, 0) is 55.5 Å². The Morgan fingerprint density at radius 1 is 1.10 bits per heavy atom. The third-order valence-electron chi connectivity index (χ3n) is 5.94. The summed E-state index contributed by atoms with van der Waals surface area (Å²) in [4.78, 5) is 44.2. The standard InChI is InChI=1S/C28H21ClN5O6S/c1-2-40-22-9-4-3-8-21(22)33-26(36)23(29)24(27(33)37)30-18-12-10-16(11-13-18)25(35)32-28-31-20(15-41-28)17-6-5-7-19(14-17)34(38)39/h3-15,30,38H,2H2,1H3,(H,31,32,35)/q-1. The van der Waals surface area contributed by atoms with Crippen LogP contribution in [-0.2, 0) is 9.59 Å². The highest BCUT2D eigenvalue weighted by Gasteiger charge is 2.40. The lowest BCUT2D eigenvalue weighted by Gasteiger charge is -2.21. The summed E-state index contributed by atoms with van der Waals surface area (Å²) >= 11 is 7.45. The number of imide groups is 1. The first-order valence-corrected chi connectivity index (χ1v) is 13.4. The number of rotatable bonds is 9. The lowest BCUT2D eigenvalue weighted by atomic mass is 10.1. The van der Waals surface area contributed by atoms with Crippen LogP contribution in [0.3, 0.4) is 0 Å². The first-order valence-electron chi connectivity index (χ1n) is 12.2. The summed E-state index contributed by atoms with van der Waals surface area (Å²) in [6, 6.07) is 19.1. The number of para-hydroxylation sites is 2. The number of nitrogens with zero attached hydrogens (tertiary/aromatic N) is 3. The number of thiazole rings is 1. The van der Waals surface area contributed by atoms with Crippen LogP contribution < -0.4 is 25.5 Å². The molecular weight excluding hydrogens is 570 g/mol. The lowest BCUT2D eigenvalue weighted by molar-refractivity contribution is -0.120. The van der Waals surface area contributed by atoms with Gasteiger partial charge in [0.1, 0.15) is 16.5 Å². The van der Waals surface area contributed by atoms with Crippen molar-refractivity contribution in [3.8, 4) is 17.0 Å². The average Bonchev–Trinajstić information content (AvgIpc) is 3.52. The van der Waals surface area contributed by atoms with Gasteiger partial charge in [-0.3, -0.25) is 24.9 Å². The second-order valence-electron chi connectivity index (χ2n) is 8.55. The number of aromatic nitrogens is 1. The van der Waals surface area contributed by atoms with Crippen molar-refractivity contribution in [3.63, 3.8) is 0 Å². The summed E-state index contributed by atoms with van der Waals surface area (Å²) in [5, 5.41) is 27.4. The van der Waals surface area contributed by atoms with Crippen LogP contribution in [-0.4, -0.2) is 34.5 Å². The van der Waals surface area contributed by atoms with Gasteiger partial charge in [-0.1, -0.05) is 35.9 Å². The van der Waals surface area contributed by atoms with Crippen molar-refractivity contribution in [1.82, 2.24) is 4.98 Å². The molecule has 3 aromatic carbocycles. The van der Waals surface area contributed by atoms with Gasteiger partial charge in [0.2, 0.25) is 0 Å². The number of carbonyl (C=O) groups is 3. The number of nitrogens with one attached hydrogen (secondary N) is 2. The average molecular weight is 591 g/mol. The normalized spacial score (nSPS) is 13.0. The van der Waals surface area contributed by atoms with Crippen molar-refractivity contribution in [2.75, 3.05) is 27.4 Å². The monoisotopic (exact) mass is 590 g/mol. The fourth-order valence-corrected chi connectivity index (χ4v) is 4.94. The van der Waals surface area contributed by atoms with E-state index >= 15 is 0 Å². The van der Waals surface area contributed by atoms with Gasteiger partial charge in [0.15, 0.2) is 5.13 Å². The highest BCUT2D eigenvalue weighted by Crippen LogP contribution is 2.35. The Labute approximate surface area is 242 Å². The summed E-state index contributed by atoms with van der Waals surface area (Å²) in [5.41, 5.74) is 2.11. The second-order valence-corrected chi connectivity index (χ2v) is 9.79. The van der Waals surface area contributed by atoms with Crippen LogP contribution in [0, 0.1) is 5.21 Å². The highest BCUT2D eigenvalue weighted by atomic mass is 35.5. The molecule has 41 heavy (non-hydrogen) atoms. The van der Waals surface area contributed by atoms with E-state index in [-0.39, 0.29) is 27.3 Å². The molecule has 0 fully saturated rings. The number of ether oxygens (including phenoxy) is 1. The highest BCUT2D eigenvalue weighted by molar-refractivity contribution is 7.14. The number of carbonyl (C=O) groups excluding carboxylic acids is 3. The minimum absolute atomic E-state index is 0.0542. The van der Waals surface area contributed by atoms with E-state index in [4.69, 9.17) is 21.5 Å². The minimum atomic E-state index is -0.682. The van der Waals surface area contributed by atoms with E-state index < -0.39 is 17.7 Å². The van der Waals surface area contributed by atoms with Crippen molar-refractivity contribution in [2.24, 2.45) is 0 Å². The van der Waals surface area contributed by atoms with Gasteiger partial charge in [-0.15, -0.1) is 11.3 Å². The van der Waals surface area contributed by atoms with E-state index in [1.165, 1.54) is 35.6 Å². The second kappa shape index (κ2) is 11.8. The molecule has 1 aliphatic heterocycles. The third kappa shape index (κ3) is 5.76. The lowest BCUT2D eigenvalue weighted by Crippen LogP contribution is -2.32. The predicted octanol–water partition coefficient (Wildman–Crippen LogP) is 5.59. The number of hydrogen-bond acceptors (Lipinski definition) is 10. The van der Waals surface area contributed by atoms with Crippen molar-refractivity contribution in [1.29, 1.82) is 0 Å². The molecule has 2 heterocycles. The van der Waals surface area contributed by atoms with Crippen LogP contribution in [0.15, 0.2) is 88.9 Å². The number of amides is 3.